The van der Waals surface area contributed by atoms with Gasteiger partial charge in [-0.05, 0) is 79.3 Å². The van der Waals surface area contributed by atoms with Crippen LogP contribution in [0.1, 0.15) is 61.0 Å². The first-order valence-corrected chi connectivity index (χ1v) is 14.2. The molecule has 0 heterocycles. The second kappa shape index (κ2) is 14.9. The number of aryl methyl sites for hydroxylation is 2. The Balaban J connectivity index is 0.000000319. The molecule has 192 valence electrons. The molecule has 0 aromatic heterocycles. The molecule has 4 heteroatoms. The minimum Gasteiger partial charge on any atom is -0.872 e. The van der Waals surface area contributed by atoms with Crippen LogP contribution in [0.25, 0.3) is 0 Å². The molecular formula is C33H36O3S. The summed E-state index contributed by atoms with van der Waals surface area (Å²) in [4.78, 5) is 14.4. The Morgan fingerprint density at radius 3 is 1.49 bits per heavy atom. The van der Waals surface area contributed by atoms with Crippen molar-refractivity contribution in [3.63, 3.8) is 0 Å². The zero-order valence-electron chi connectivity index (χ0n) is 21.7. The first kappa shape index (κ1) is 28.1. The molecule has 0 radical (unpaired) electrons. The monoisotopic (exact) mass is 512 g/mol. The van der Waals surface area contributed by atoms with Crippen LogP contribution in [0, 0.1) is 0 Å². The molecule has 0 aliphatic carbocycles. The summed E-state index contributed by atoms with van der Waals surface area (Å²) in [6, 6.07) is 35.1. The number of carboxylic acid groups (broad SMARTS) is 1. The SMILES string of the molecule is CCCCc1ccc([S+](c2ccccc2)c2ccc(CCCC)cc2)cc1.O=C(O)c1ccccc1[O-]. The van der Waals surface area contributed by atoms with Crippen LogP contribution in [0.2, 0.25) is 0 Å². The second-order valence-electron chi connectivity index (χ2n) is 8.92. The van der Waals surface area contributed by atoms with Gasteiger partial charge in [0.1, 0.15) is 0 Å². The van der Waals surface area contributed by atoms with Gasteiger partial charge in [-0.2, -0.15) is 0 Å². The molecule has 4 aromatic rings. The Labute approximate surface area is 224 Å². The van der Waals surface area contributed by atoms with Gasteiger partial charge in [-0.3, -0.25) is 0 Å². The normalized spacial score (nSPS) is 10.6. The van der Waals surface area contributed by atoms with E-state index in [2.05, 4.69) is 92.7 Å². The summed E-state index contributed by atoms with van der Waals surface area (Å²) in [5, 5.41) is 19.0. The van der Waals surface area contributed by atoms with E-state index < -0.39 is 11.7 Å². The summed E-state index contributed by atoms with van der Waals surface area (Å²) < 4.78 is 0. The fourth-order valence-electron chi connectivity index (χ4n) is 3.95. The third-order valence-electron chi connectivity index (χ3n) is 6.05. The van der Waals surface area contributed by atoms with E-state index in [1.807, 2.05) is 0 Å². The molecule has 37 heavy (non-hydrogen) atoms. The van der Waals surface area contributed by atoms with Crippen LogP contribution in [0.4, 0.5) is 0 Å². The maximum atomic E-state index is 10.7. The third-order valence-corrected chi connectivity index (χ3v) is 8.28. The van der Waals surface area contributed by atoms with Crippen LogP contribution in [0.3, 0.4) is 0 Å². The van der Waals surface area contributed by atoms with Crippen molar-refractivity contribution in [1.82, 2.24) is 0 Å². The molecule has 3 nitrogen and oxygen atoms in total. The Morgan fingerprint density at radius 2 is 1.08 bits per heavy atom. The molecule has 0 fully saturated rings. The summed E-state index contributed by atoms with van der Waals surface area (Å²) in [5.41, 5.74) is 2.72. The van der Waals surface area contributed by atoms with Crippen LogP contribution < -0.4 is 5.11 Å². The number of unbranched alkanes of at least 4 members (excludes halogenated alkanes) is 2. The van der Waals surface area contributed by atoms with Gasteiger partial charge in [-0.15, -0.1) is 0 Å². The third kappa shape index (κ3) is 8.54. The molecule has 0 unspecified atom stereocenters. The highest BCUT2D eigenvalue weighted by atomic mass is 32.2. The van der Waals surface area contributed by atoms with E-state index in [4.69, 9.17) is 5.11 Å². The molecule has 1 N–H and O–H groups in total. The average molecular weight is 513 g/mol. The summed E-state index contributed by atoms with van der Waals surface area (Å²) in [6.07, 6.45) is 7.40. The van der Waals surface area contributed by atoms with Crippen molar-refractivity contribution in [3.05, 3.63) is 120 Å². The molecule has 0 atom stereocenters. The van der Waals surface area contributed by atoms with Gasteiger partial charge in [-0.25, -0.2) is 4.79 Å². The minimum absolute atomic E-state index is 0.0426. The lowest BCUT2D eigenvalue weighted by atomic mass is 10.1. The number of carboxylic acids is 1. The number of para-hydroxylation sites is 1. The lowest BCUT2D eigenvalue weighted by Gasteiger charge is -2.09. The lowest BCUT2D eigenvalue weighted by Crippen LogP contribution is -2.05. The molecule has 0 spiro atoms. The smallest absolute Gasteiger partial charge is 0.335 e. The van der Waals surface area contributed by atoms with E-state index in [0.717, 1.165) is 0 Å². The van der Waals surface area contributed by atoms with Gasteiger partial charge in [0.05, 0.1) is 16.5 Å². The Morgan fingerprint density at radius 1 is 0.649 bits per heavy atom. The molecule has 0 saturated carbocycles. The molecule has 0 aliphatic rings. The maximum absolute atomic E-state index is 10.7. The quantitative estimate of drug-likeness (QED) is 0.220. The van der Waals surface area contributed by atoms with Crippen LogP contribution in [-0.2, 0) is 23.7 Å². The molecule has 0 aliphatic heterocycles. The largest absolute Gasteiger partial charge is 0.872 e. The molecule has 4 aromatic carbocycles. The summed E-state index contributed by atoms with van der Waals surface area (Å²) in [6.45, 7) is 4.51. The van der Waals surface area contributed by atoms with Crippen molar-refractivity contribution in [2.24, 2.45) is 0 Å². The van der Waals surface area contributed by atoms with E-state index in [0.29, 0.717) is 0 Å². The van der Waals surface area contributed by atoms with Gasteiger partial charge in [-0.1, -0.05) is 93.1 Å². The molecule has 4 rings (SSSR count). The van der Waals surface area contributed by atoms with Crippen molar-refractivity contribution in [1.29, 1.82) is 0 Å². The van der Waals surface area contributed by atoms with Gasteiger partial charge < -0.3 is 10.2 Å². The van der Waals surface area contributed by atoms with Crippen LogP contribution in [-0.4, -0.2) is 11.1 Å². The molecule has 0 bridgehead atoms. The number of hydrogen-bond acceptors (Lipinski definition) is 2. The average Bonchev–Trinajstić information content (AvgIpc) is 2.93. The first-order valence-electron chi connectivity index (χ1n) is 13.0. The van der Waals surface area contributed by atoms with Crippen molar-refractivity contribution >= 4 is 16.9 Å². The Hall–Kier alpha value is -3.50. The van der Waals surface area contributed by atoms with Crippen LogP contribution in [0.15, 0.2) is 118 Å². The summed E-state index contributed by atoms with van der Waals surface area (Å²) in [7, 11) is -0.0426. The summed E-state index contributed by atoms with van der Waals surface area (Å²) >= 11 is 0. The minimum atomic E-state index is -1.18. The number of aromatic carboxylic acids is 1. The van der Waals surface area contributed by atoms with E-state index in [9.17, 15) is 9.90 Å². The fraction of sp³-hybridized carbons (Fsp3) is 0.242. The summed E-state index contributed by atoms with van der Waals surface area (Å²) in [5.74, 6) is -1.62. The highest BCUT2D eigenvalue weighted by molar-refractivity contribution is 7.97. The van der Waals surface area contributed by atoms with Gasteiger partial charge in [0.2, 0.25) is 0 Å². The maximum Gasteiger partial charge on any atom is 0.335 e. The van der Waals surface area contributed by atoms with Crippen molar-refractivity contribution in [2.45, 2.75) is 67.1 Å². The molecule has 0 saturated heterocycles. The highest BCUT2D eigenvalue weighted by Crippen LogP contribution is 2.31. The van der Waals surface area contributed by atoms with Gasteiger partial charge in [0.15, 0.2) is 14.7 Å². The predicted molar refractivity (Wildman–Crippen MR) is 152 cm³/mol. The van der Waals surface area contributed by atoms with Crippen molar-refractivity contribution in [3.8, 4) is 5.75 Å². The standard InChI is InChI=1S/C26H31S.C7H6O3/c1-3-5-10-22-14-18-25(19-15-22)27(24-12-8-7-9-13-24)26-20-16-23(17-21-26)11-6-4-2;8-6-4-2-1-3-5(6)7(9)10/h7-9,12-21H,3-6,10-11H2,1-2H3;1-4,8H,(H,9,10)/q+1;/p-1. The van der Waals surface area contributed by atoms with Crippen molar-refractivity contribution in [2.75, 3.05) is 0 Å². The number of benzene rings is 4. The van der Waals surface area contributed by atoms with Gasteiger partial charge in [0, 0.05) is 0 Å². The zero-order chi connectivity index (χ0) is 26.5. The molecular weight excluding hydrogens is 476 g/mol. The first-order chi connectivity index (χ1) is 18.0. The fourth-order valence-corrected chi connectivity index (χ4v) is 6.02. The molecule has 0 amide bonds. The Kier molecular flexibility index (Phi) is 11.3. The number of rotatable bonds is 10. The van der Waals surface area contributed by atoms with E-state index in [-0.39, 0.29) is 16.5 Å². The topological polar surface area (TPSA) is 60.4 Å². The predicted octanol–water partition coefficient (Wildman–Crippen LogP) is 7.93. The van der Waals surface area contributed by atoms with E-state index >= 15 is 0 Å². The number of carbonyl (C=O) groups is 1. The van der Waals surface area contributed by atoms with Crippen LogP contribution in [0.5, 0.6) is 5.75 Å². The Bertz CT molecular complexity index is 1170. The highest BCUT2D eigenvalue weighted by Gasteiger charge is 2.28. The van der Waals surface area contributed by atoms with Crippen molar-refractivity contribution < 1.29 is 15.0 Å². The zero-order valence-corrected chi connectivity index (χ0v) is 22.5. The van der Waals surface area contributed by atoms with Gasteiger partial charge >= 0.3 is 5.97 Å². The van der Waals surface area contributed by atoms with Crippen LogP contribution >= 0.6 is 0 Å². The lowest BCUT2D eigenvalue weighted by molar-refractivity contribution is -0.268. The number of hydrogen-bond donors (Lipinski definition) is 1. The van der Waals surface area contributed by atoms with E-state index in [1.165, 1.54) is 88.6 Å². The van der Waals surface area contributed by atoms with Gasteiger partial charge in [0.25, 0.3) is 0 Å². The van der Waals surface area contributed by atoms with E-state index in [1.54, 1.807) is 0 Å². The second-order valence-corrected chi connectivity index (χ2v) is 10.9.